The van der Waals surface area contributed by atoms with Gasteiger partial charge in [-0.25, -0.2) is 0 Å². The van der Waals surface area contributed by atoms with Gasteiger partial charge < -0.3 is 14.7 Å². The SMILES string of the molecule is CC(C)(C)c1ccc(N(c2ccc(C(C)(C)C)cc2)c2cc3c4c(c2)N(c2cccc5c2sc2ccccc25)c2cc5c(cc2B4c2cc(C(C)(C)C)ccc2N3c2ccc(C(C)(C)C)cc2)C(C)(C)c2ccccc2C5(C)C)cc1. The van der Waals surface area contributed by atoms with Crippen LogP contribution in [0.1, 0.15) is 155 Å². The summed E-state index contributed by atoms with van der Waals surface area (Å²) in [5, 5.41) is 2.59. The molecule has 0 bridgehead atoms. The van der Waals surface area contributed by atoms with Crippen molar-refractivity contribution < 1.29 is 0 Å². The van der Waals surface area contributed by atoms with Gasteiger partial charge in [0.25, 0.3) is 6.71 Å². The van der Waals surface area contributed by atoms with Crippen molar-refractivity contribution in [3.05, 3.63) is 226 Å². The zero-order valence-electron chi connectivity index (χ0n) is 50.6. The Morgan fingerprint density at radius 3 is 1.40 bits per heavy atom. The highest BCUT2D eigenvalue weighted by molar-refractivity contribution is 7.26. The lowest BCUT2D eigenvalue weighted by Crippen LogP contribution is -2.62. The Hall–Kier alpha value is -7.34. The van der Waals surface area contributed by atoms with Crippen LogP contribution in [-0.2, 0) is 32.5 Å². The number of fused-ring (bicyclic) bond motifs is 9. The Bertz CT molecular complexity index is 4090. The Morgan fingerprint density at radius 1 is 0.370 bits per heavy atom. The van der Waals surface area contributed by atoms with Crippen molar-refractivity contribution in [1.82, 2.24) is 0 Å². The number of anilines is 9. The molecule has 406 valence electrons. The van der Waals surface area contributed by atoms with Crippen molar-refractivity contribution in [2.45, 2.75) is 143 Å². The zero-order valence-corrected chi connectivity index (χ0v) is 51.5. The summed E-state index contributed by atoms with van der Waals surface area (Å²) in [6, 6.07) is 71.3. The van der Waals surface area contributed by atoms with Gasteiger partial charge in [-0.05, 0) is 155 Å². The van der Waals surface area contributed by atoms with Crippen LogP contribution in [0.3, 0.4) is 0 Å². The van der Waals surface area contributed by atoms with Gasteiger partial charge in [0.05, 0.1) is 16.1 Å². The summed E-state index contributed by atoms with van der Waals surface area (Å²) in [7, 11) is 0. The van der Waals surface area contributed by atoms with Crippen LogP contribution in [0.5, 0.6) is 0 Å². The predicted octanol–water partition coefficient (Wildman–Crippen LogP) is 19.8. The maximum absolute atomic E-state index is 2.71. The minimum Gasteiger partial charge on any atom is -0.311 e. The maximum Gasteiger partial charge on any atom is 0.252 e. The third kappa shape index (κ3) is 8.41. The van der Waals surface area contributed by atoms with Crippen molar-refractivity contribution in [2.75, 3.05) is 14.7 Å². The predicted molar refractivity (Wildman–Crippen MR) is 354 cm³/mol. The number of thiophene rings is 1. The second kappa shape index (κ2) is 18.1. The third-order valence-corrected chi connectivity index (χ3v) is 19.7. The van der Waals surface area contributed by atoms with Crippen molar-refractivity contribution in [3.63, 3.8) is 0 Å². The second-order valence-electron chi connectivity index (χ2n) is 28.8. The van der Waals surface area contributed by atoms with Gasteiger partial charge in [-0.1, -0.05) is 220 Å². The summed E-state index contributed by atoms with van der Waals surface area (Å²) >= 11 is 1.92. The van der Waals surface area contributed by atoms with E-state index in [1.807, 2.05) is 11.3 Å². The minimum atomic E-state index is -0.270. The van der Waals surface area contributed by atoms with Crippen molar-refractivity contribution in [3.8, 4) is 0 Å². The topological polar surface area (TPSA) is 9.72 Å². The van der Waals surface area contributed by atoms with E-state index in [-0.39, 0.29) is 39.2 Å². The van der Waals surface area contributed by atoms with E-state index >= 15 is 0 Å². The van der Waals surface area contributed by atoms with Crippen LogP contribution in [0, 0.1) is 0 Å². The lowest BCUT2D eigenvalue weighted by molar-refractivity contribution is 0.521. The Kier molecular flexibility index (Phi) is 11.8. The molecule has 0 N–H and O–H groups in total. The molecular formula is C76H78BN3S. The molecule has 0 radical (unpaired) electrons. The second-order valence-corrected chi connectivity index (χ2v) is 29.8. The molecule has 0 fully saturated rings. The molecule has 10 aromatic rings. The molecule has 2 aliphatic heterocycles. The highest BCUT2D eigenvalue weighted by Gasteiger charge is 2.49. The van der Waals surface area contributed by atoms with Gasteiger partial charge >= 0.3 is 0 Å². The van der Waals surface area contributed by atoms with Crippen LogP contribution < -0.4 is 31.1 Å². The summed E-state index contributed by atoms with van der Waals surface area (Å²) in [5.74, 6) is 0. The molecule has 5 heteroatoms. The van der Waals surface area contributed by atoms with Crippen LogP contribution in [0.4, 0.5) is 51.2 Å². The Labute approximate surface area is 487 Å². The molecule has 3 nitrogen and oxygen atoms in total. The molecule has 9 aromatic carbocycles. The third-order valence-electron chi connectivity index (χ3n) is 18.5. The van der Waals surface area contributed by atoms with Gasteiger partial charge in [-0.3, -0.25) is 0 Å². The van der Waals surface area contributed by atoms with E-state index in [9.17, 15) is 0 Å². The monoisotopic (exact) mass is 1080 g/mol. The molecule has 1 aliphatic carbocycles. The van der Waals surface area contributed by atoms with Crippen molar-refractivity contribution >= 4 is 106 Å². The molecule has 0 saturated carbocycles. The maximum atomic E-state index is 2.71. The number of hydrogen-bond acceptors (Lipinski definition) is 4. The first-order valence-electron chi connectivity index (χ1n) is 29.4. The Balaban J connectivity index is 1.20. The van der Waals surface area contributed by atoms with Crippen LogP contribution in [0.2, 0.25) is 0 Å². The largest absolute Gasteiger partial charge is 0.311 e. The van der Waals surface area contributed by atoms with Gasteiger partial charge in [0.15, 0.2) is 0 Å². The summed E-state index contributed by atoms with van der Waals surface area (Å²) in [6.07, 6.45) is 0. The first-order valence-corrected chi connectivity index (χ1v) is 30.3. The smallest absolute Gasteiger partial charge is 0.252 e. The molecule has 0 saturated heterocycles. The van der Waals surface area contributed by atoms with Crippen LogP contribution >= 0.6 is 11.3 Å². The molecular weight excluding hydrogens is 998 g/mol. The average molecular weight is 1080 g/mol. The van der Waals surface area contributed by atoms with Gasteiger partial charge in [0.2, 0.25) is 0 Å². The summed E-state index contributed by atoms with van der Waals surface area (Å²) < 4.78 is 2.59. The Morgan fingerprint density at radius 2 is 0.840 bits per heavy atom. The summed E-state index contributed by atoms with van der Waals surface area (Å²) in [6.45, 7) is 37.6. The van der Waals surface area contributed by atoms with E-state index in [0.717, 1.165) is 22.7 Å². The minimum absolute atomic E-state index is 0.00143. The lowest BCUT2D eigenvalue weighted by atomic mass is 9.33. The lowest BCUT2D eigenvalue weighted by Gasteiger charge is -2.48. The molecule has 13 rings (SSSR count). The van der Waals surface area contributed by atoms with Crippen LogP contribution in [-0.4, -0.2) is 6.71 Å². The molecule has 0 atom stereocenters. The number of nitrogens with zero attached hydrogens (tertiary/aromatic N) is 3. The molecule has 0 unspecified atom stereocenters. The highest BCUT2D eigenvalue weighted by atomic mass is 32.1. The molecule has 3 heterocycles. The van der Waals surface area contributed by atoms with Crippen LogP contribution in [0.25, 0.3) is 20.2 Å². The van der Waals surface area contributed by atoms with E-state index in [4.69, 9.17) is 0 Å². The molecule has 3 aliphatic rings. The normalized spacial score (nSPS) is 15.3. The van der Waals surface area contributed by atoms with E-state index < -0.39 is 0 Å². The highest BCUT2D eigenvalue weighted by Crippen LogP contribution is 2.55. The van der Waals surface area contributed by atoms with Gasteiger partial charge in [0.1, 0.15) is 0 Å². The number of rotatable bonds is 5. The molecule has 0 spiro atoms. The van der Waals surface area contributed by atoms with Crippen molar-refractivity contribution in [1.29, 1.82) is 0 Å². The van der Waals surface area contributed by atoms with E-state index in [2.05, 4.69) is 307 Å². The summed E-state index contributed by atoms with van der Waals surface area (Å²) in [5.41, 5.74) is 24.8. The van der Waals surface area contributed by atoms with E-state index in [1.54, 1.807) is 0 Å². The van der Waals surface area contributed by atoms with Gasteiger partial charge in [-0.2, -0.15) is 0 Å². The molecule has 1 aromatic heterocycles. The quantitative estimate of drug-likeness (QED) is 0.159. The first-order chi connectivity index (χ1) is 38.2. The van der Waals surface area contributed by atoms with E-state index in [1.165, 1.54) is 110 Å². The first kappa shape index (κ1) is 53.0. The van der Waals surface area contributed by atoms with E-state index in [0.29, 0.717) is 0 Å². The standard InChI is InChI=1S/C76H78BN3S/c1-71(2,3)47-28-35-51(36-29-47)78(52-37-30-48(31-38-52)72(4,5)6)54-43-66-69-67(44-54)80(64-26-21-23-56-55-22-17-20-27-68(55)81-70(56)64)65-46-60-59(75(13,14)57-24-18-19-25-58(57)76(60,15)16)45-62(65)77(69)61-42-50(74(10,11)12)34-41-63(61)79(66)53-39-32-49(33-40-53)73(7,8)9/h17-46H,1-16H3. The summed E-state index contributed by atoms with van der Waals surface area (Å²) in [4.78, 5) is 7.84. The number of hydrogen-bond donors (Lipinski definition) is 0. The zero-order chi connectivity index (χ0) is 57.1. The average Bonchev–Trinajstić information content (AvgIpc) is 1.94. The number of benzene rings is 9. The van der Waals surface area contributed by atoms with Crippen LogP contribution in [0.15, 0.2) is 182 Å². The van der Waals surface area contributed by atoms with Crippen molar-refractivity contribution in [2.24, 2.45) is 0 Å². The van der Waals surface area contributed by atoms with Gasteiger partial charge in [-0.15, -0.1) is 11.3 Å². The van der Waals surface area contributed by atoms with Gasteiger partial charge in [0, 0.05) is 66.1 Å². The fraction of sp³-hybridized carbons (Fsp3) is 0.289. The fourth-order valence-electron chi connectivity index (χ4n) is 13.7. The molecule has 81 heavy (non-hydrogen) atoms. The molecule has 0 amide bonds. The fourth-order valence-corrected chi connectivity index (χ4v) is 15.0.